The molecule has 0 saturated heterocycles. The van der Waals surface area contributed by atoms with Gasteiger partial charge in [0.25, 0.3) is 5.91 Å². The van der Waals surface area contributed by atoms with Crippen molar-refractivity contribution in [1.82, 2.24) is 5.43 Å². The predicted octanol–water partition coefficient (Wildman–Crippen LogP) is 3.41. The van der Waals surface area contributed by atoms with Crippen LogP contribution in [0, 0.1) is 0 Å². The van der Waals surface area contributed by atoms with Crippen molar-refractivity contribution in [2.75, 3.05) is 19.0 Å². The molecule has 0 aliphatic rings. The Morgan fingerprint density at radius 1 is 1.22 bits per heavy atom. The molecule has 2 rings (SSSR count). The Hall–Kier alpha value is -2.34. The first-order valence-electron chi connectivity index (χ1n) is 7.06. The van der Waals surface area contributed by atoms with Gasteiger partial charge in [-0.1, -0.05) is 40.2 Å². The number of carbonyl (C=O) groups excluding carboxylic acids is 1. The summed E-state index contributed by atoms with van der Waals surface area (Å²) in [5, 5.41) is 7.14. The topological polar surface area (TPSA) is 62.7 Å². The van der Waals surface area contributed by atoms with Crippen LogP contribution in [0.2, 0.25) is 0 Å². The molecule has 0 unspecified atom stereocenters. The van der Waals surface area contributed by atoms with Crippen molar-refractivity contribution in [2.45, 2.75) is 6.92 Å². The number of benzene rings is 2. The van der Waals surface area contributed by atoms with E-state index in [4.69, 9.17) is 4.74 Å². The fraction of sp³-hybridized carbons (Fsp3) is 0.176. The summed E-state index contributed by atoms with van der Waals surface area (Å²) in [6.07, 6.45) is 0. The Kier molecular flexibility index (Phi) is 6.17. The van der Waals surface area contributed by atoms with Gasteiger partial charge in [-0.25, -0.2) is 5.43 Å². The van der Waals surface area contributed by atoms with Gasteiger partial charge in [0.15, 0.2) is 0 Å². The summed E-state index contributed by atoms with van der Waals surface area (Å²) < 4.78 is 6.19. The zero-order valence-electron chi connectivity index (χ0n) is 13.0. The van der Waals surface area contributed by atoms with E-state index < -0.39 is 0 Å². The first-order valence-corrected chi connectivity index (χ1v) is 7.85. The summed E-state index contributed by atoms with van der Waals surface area (Å²) in [4.78, 5) is 11.9. The normalized spacial score (nSPS) is 11.0. The number of hydrazone groups is 1. The third-order valence-electron chi connectivity index (χ3n) is 3.14. The van der Waals surface area contributed by atoms with Crippen LogP contribution in [0.3, 0.4) is 0 Å². The number of hydrogen-bond donors (Lipinski definition) is 2. The molecule has 0 heterocycles. The van der Waals surface area contributed by atoms with E-state index in [2.05, 4.69) is 31.8 Å². The van der Waals surface area contributed by atoms with Crippen LogP contribution in [0.15, 0.2) is 58.1 Å². The third kappa shape index (κ3) is 5.10. The molecule has 120 valence electrons. The molecule has 6 heteroatoms. The number of nitrogens with zero attached hydrogens (tertiary/aromatic N) is 1. The zero-order valence-corrected chi connectivity index (χ0v) is 14.6. The van der Waals surface area contributed by atoms with Gasteiger partial charge in [0.05, 0.1) is 25.1 Å². The average Bonchev–Trinajstić information content (AvgIpc) is 2.58. The van der Waals surface area contributed by atoms with Gasteiger partial charge in [-0.3, -0.25) is 4.79 Å². The van der Waals surface area contributed by atoms with Crippen LogP contribution in [-0.2, 0) is 4.79 Å². The zero-order chi connectivity index (χ0) is 16.7. The minimum absolute atomic E-state index is 0.107. The summed E-state index contributed by atoms with van der Waals surface area (Å²) in [7, 11) is 1.59. The van der Waals surface area contributed by atoms with Gasteiger partial charge in [0.2, 0.25) is 0 Å². The molecular weight excluding hydrogens is 358 g/mol. The standard InChI is InChI=1S/C17H18BrN3O2/c1-12(13-6-5-7-14(18)10-13)20-21-17(22)11-19-15-8-3-4-9-16(15)23-2/h3-10,19H,11H2,1-2H3,(H,21,22)/b20-12-. The number of carbonyl (C=O) groups is 1. The van der Waals surface area contributed by atoms with Crippen LogP contribution < -0.4 is 15.5 Å². The van der Waals surface area contributed by atoms with E-state index >= 15 is 0 Å². The summed E-state index contributed by atoms with van der Waals surface area (Å²) in [5.74, 6) is 0.458. The molecule has 2 aromatic rings. The molecular formula is C17H18BrN3O2. The van der Waals surface area contributed by atoms with Gasteiger partial charge in [0, 0.05) is 4.47 Å². The van der Waals surface area contributed by atoms with Crippen molar-refractivity contribution >= 4 is 33.2 Å². The molecule has 0 aromatic heterocycles. The first-order chi connectivity index (χ1) is 11.1. The van der Waals surface area contributed by atoms with E-state index in [0.29, 0.717) is 5.75 Å². The molecule has 5 nitrogen and oxygen atoms in total. The van der Waals surface area contributed by atoms with E-state index in [0.717, 1.165) is 21.4 Å². The van der Waals surface area contributed by atoms with Gasteiger partial charge in [0.1, 0.15) is 5.75 Å². The van der Waals surface area contributed by atoms with Gasteiger partial charge >= 0.3 is 0 Å². The molecule has 0 fully saturated rings. The number of halogens is 1. The molecule has 0 radical (unpaired) electrons. The second kappa shape index (κ2) is 8.33. The highest BCUT2D eigenvalue weighted by atomic mass is 79.9. The molecule has 2 aromatic carbocycles. The summed E-state index contributed by atoms with van der Waals surface area (Å²) in [5.41, 5.74) is 4.98. The van der Waals surface area contributed by atoms with Crippen LogP contribution in [0.5, 0.6) is 5.75 Å². The van der Waals surface area contributed by atoms with Crippen molar-refractivity contribution in [3.63, 3.8) is 0 Å². The smallest absolute Gasteiger partial charge is 0.259 e. The van der Waals surface area contributed by atoms with Gasteiger partial charge < -0.3 is 10.1 Å². The molecule has 0 aliphatic carbocycles. The minimum Gasteiger partial charge on any atom is -0.495 e. The molecule has 0 atom stereocenters. The molecule has 0 bridgehead atoms. The van der Waals surface area contributed by atoms with Gasteiger partial charge in [-0.15, -0.1) is 0 Å². The van der Waals surface area contributed by atoms with E-state index in [1.165, 1.54) is 0 Å². The van der Waals surface area contributed by atoms with E-state index in [9.17, 15) is 4.79 Å². The number of nitrogens with one attached hydrogen (secondary N) is 2. The highest BCUT2D eigenvalue weighted by Crippen LogP contribution is 2.22. The number of anilines is 1. The average molecular weight is 376 g/mol. The molecule has 2 N–H and O–H groups in total. The second-order valence-corrected chi connectivity index (χ2v) is 5.71. The van der Waals surface area contributed by atoms with Gasteiger partial charge in [-0.2, -0.15) is 5.10 Å². The lowest BCUT2D eigenvalue weighted by atomic mass is 10.1. The maximum atomic E-state index is 11.9. The van der Waals surface area contributed by atoms with Crippen molar-refractivity contribution in [3.05, 3.63) is 58.6 Å². The predicted molar refractivity (Wildman–Crippen MR) is 96.0 cm³/mol. The monoisotopic (exact) mass is 375 g/mol. The van der Waals surface area contributed by atoms with E-state index in [1.807, 2.05) is 55.5 Å². The molecule has 0 aliphatic heterocycles. The van der Waals surface area contributed by atoms with Crippen LogP contribution in [0.25, 0.3) is 0 Å². The number of hydrogen-bond acceptors (Lipinski definition) is 4. The Bertz CT molecular complexity index is 716. The largest absolute Gasteiger partial charge is 0.495 e. The van der Waals surface area contributed by atoms with Crippen molar-refractivity contribution in [3.8, 4) is 5.75 Å². The highest BCUT2D eigenvalue weighted by Gasteiger charge is 2.05. The highest BCUT2D eigenvalue weighted by molar-refractivity contribution is 9.10. The summed E-state index contributed by atoms with van der Waals surface area (Å²) in [6.45, 7) is 1.95. The SMILES string of the molecule is COc1ccccc1NCC(=O)N/N=C(/C)c1cccc(Br)c1. The Balaban J connectivity index is 1.91. The lowest BCUT2D eigenvalue weighted by Gasteiger charge is -2.10. The molecule has 1 amide bonds. The second-order valence-electron chi connectivity index (χ2n) is 4.80. The van der Waals surface area contributed by atoms with Crippen molar-refractivity contribution in [1.29, 1.82) is 0 Å². The molecule has 0 spiro atoms. The van der Waals surface area contributed by atoms with Crippen molar-refractivity contribution < 1.29 is 9.53 Å². The van der Waals surface area contributed by atoms with E-state index in [-0.39, 0.29) is 12.5 Å². The van der Waals surface area contributed by atoms with Crippen LogP contribution in [-0.4, -0.2) is 25.3 Å². The number of ether oxygens (including phenoxy) is 1. The fourth-order valence-corrected chi connectivity index (χ4v) is 2.33. The Morgan fingerprint density at radius 2 is 2.00 bits per heavy atom. The summed E-state index contributed by atoms with van der Waals surface area (Å²) >= 11 is 3.41. The molecule has 0 saturated carbocycles. The lowest BCUT2D eigenvalue weighted by Crippen LogP contribution is -2.26. The number of amides is 1. The van der Waals surface area contributed by atoms with Gasteiger partial charge in [-0.05, 0) is 36.8 Å². The summed E-state index contributed by atoms with van der Waals surface area (Å²) in [6, 6.07) is 15.2. The molecule has 23 heavy (non-hydrogen) atoms. The lowest BCUT2D eigenvalue weighted by molar-refractivity contribution is -0.119. The minimum atomic E-state index is -0.231. The first kappa shape index (κ1) is 17.0. The quantitative estimate of drug-likeness (QED) is 0.600. The van der Waals surface area contributed by atoms with Crippen LogP contribution in [0.4, 0.5) is 5.69 Å². The Labute approximate surface area is 143 Å². The fourth-order valence-electron chi connectivity index (χ4n) is 1.93. The van der Waals surface area contributed by atoms with Crippen LogP contribution in [0.1, 0.15) is 12.5 Å². The maximum absolute atomic E-state index is 11.9. The Morgan fingerprint density at radius 3 is 2.74 bits per heavy atom. The third-order valence-corrected chi connectivity index (χ3v) is 3.63. The van der Waals surface area contributed by atoms with Crippen LogP contribution >= 0.6 is 15.9 Å². The number of methoxy groups -OCH3 is 1. The maximum Gasteiger partial charge on any atom is 0.259 e. The van der Waals surface area contributed by atoms with Crippen molar-refractivity contribution in [2.24, 2.45) is 5.10 Å². The number of para-hydroxylation sites is 2. The van der Waals surface area contributed by atoms with E-state index in [1.54, 1.807) is 7.11 Å². The number of rotatable bonds is 6.